The Balaban J connectivity index is 1.56. The molecule has 5 heteroatoms. The Morgan fingerprint density at radius 1 is 1.36 bits per heavy atom. The number of morpholine rings is 1. The van der Waals surface area contributed by atoms with Crippen LogP contribution in [0.2, 0.25) is 0 Å². The third-order valence-electron chi connectivity index (χ3n) is 3.87. The summed E-state index contributed by atoms with van der Waals surface area (Å²) in [5.74, 6) is 0.571. The van der Waals surface area contributed by atoms with Crippen molar-refractivity contribution in [2.75, 3.05) is 19.7 Å². The average molecular weight is 300 g/mol. The molecule has 1 aliphatic rings. The molecule has 2 heterocycles. The number of hydrogen-bond acceptors (Lipinski definition) is 4. The molecule has 3 rings (SSSR count). The van der Waals surface area contributed by atoms with Crippen molar-refractivity contribution < 1.29 is 14.1 Å². The summed E-state index contributed by atoms with van der Waals surface area (Å²) < 4.78 is 10.8. The van der Waals surface area contributed by atoms with Crippen LogP contribution >= 0.6 is 0 Å². The average Bonchev–Trinajstić information content (AvgIpc) is 3.00. The molecular weight excluding hydrogens is 280 g/mol. The van der Waals surface area contributed by atoms with Crippen LogP contribution in [0, 0.1) is 6.92 Å². The molecule has 0 bridgehead atoms. The highest BCUT2D eigenvalue weighted by atomic mass is 16.5. The number of benzene rings is 1. The highest BCUT2D eigenvalue weighted by molar-refractivity contribution is 5.92. The van der Waals surface area contributed by atoms with E-state index in [4.69, 9.17) is 9.26 Å². The Morgan fingerprint density at radius 3 is 2.91 bits per heavy atom. The summed E-state index contributed by atoms with van der Waals surface area (Å²) in [6.45, 7) is 3.57. The number of amides is 1. The van der Waals surface area contributed by atoms with Gasteiger partial charge in [0.15, 0.2) is 5.69 Å². The lowest BCUT2D eigenvalue weighted by Gasteiger charge is -2.32. The smallest absolute Gasteiger partial charge is 0.276 e. The summed E-state index contributed by atoms with van der Waals surface area (Å²) in [5.41, 5.74) is 1.67. The number of hydrogen-bond donors (Lipinski definition) is 0. The van der Waals surface area contributed by atoms with Crippen molar-refractivity contribution in [2.45, 2.75) is 25.9 Å². The van der Waals surface area contributed by atoms with Crippen LogP contribution in [0.15, 0.2) is 40.9 Å². The van der Waals surface area contributed by atoms with Crippen molar-refractivity contribution in [1.82, 2.24) is 10.1 Å². The second kappa shape index (κ2) is 6.75. The molecule has 116 valence electrons. The maximum absolute atomic E-state index is 12.4. The fourth-order valence-corrected chi connectivity index (χ4v) is 2.68. The van der Waals surface area contributed by atoms with Crippen LogP contribution in [0.4, 0.5) is 0 Å². The number of aromatic nitrogens is 1. The van der Waals surface area contributed by atoms with Crippen LogP contribution in [0.5, 0.6) is 0 Å². The second-order valence-corrected chi connectivity index (χ2v) is 5.59. The lowest BCUT2D eigenvalue weighted by Crippen LogP contribution is -2.45. The normalized spacial score (nSPS) is 18.4. The monoisotopic (exact) mass is 300 g/mol. The zero-order valence-corrected chi connectivity index (χ0v) is 12.7. The van der Waals surface area contributed by atoms with Crippen molar-refractivity contribution >= 4 is 5.91 Å². The Hall–Kier alpha value is -2.14. The van der Waals surface area contributed by atoms with Gasteiger partial charge in [-0.15, -0.1) is 0 Å². The summed E-state index contributed by atoms with van der Waals surface area (Å²) in [5, 5.41) is 3.80. The molecule has 0 radical (unpaired) electrons. The molecule has 1 fully saturated rings. The first kappa shape index (κ1) is 14.8. The summed E-state index contributed by atoms with van der Waals surface area (Å²) in [4.78, 5) is 14.2. The van der Waals surface area contributed by atoms with E-state index in [1.165, 1.54) is 5.56 Å². The van der Waals surface area contributed by atoms with E-state index in [1.54, 1.807) is 17.9 Å². The lowest BCUT2D eigenvalue weighted by molar-refractivity contribution is -0.0248. The van der Waals surface area contributed by atoms with Gasteiger partial charge in [-0.3, -0.25) is 4.79 Å². The SMILES string of the molecule is Cc1cc(C(=O)N2CCO[C@H](CCc3ccccc3)C2)no1. The zero-order chi connectivity index (χ0) is 15.4. The second-order valence-electron chi connectivity index (χ2n) is 5.59. The molecule has 0 aliphatic carbocycles. The number of carbonyl (C=O) groups excluding carboxylic acids is 1. The Kier molecular flexibility index (Phi) is 4.53. The van der Waals surface area contributed by atoms with Gasteiger partial charge in [0.2, 0.25) is 0 Å². The van der Waals surface area contributed by atoms with Gasteiger partial charge < -0.3 is 14.2 Å². The van der Waals surface area contributed by atoms with Crippen molar-refractivity contribution in [3.05, 3.63) is 53.4 Å². The minimum Gasteiger partial charge on any atom is -0.375 e. The fourth-order valence-electron chi connectivity index (χ4n) is 2.68. The molecule has 1 aromatic heterocycles. The first-order valence-electron chi connectivity index (χ1n) is 7.60. The molecule has 22 heavy (non-hydrogen) atoms. The largest absolute Gasteiger partial charge is 0.375 e. The van der Waals surface area contributed by atoms with Crippen LogP contribution in [-0.2, 0) is 11.2 Å². The van der Waals surface area contributed by atoms with Gasteiger partial charge in [0.05, 0.1) is 12.7 Å². The highest BCUT2D eigenvalue weighted by Gasteiger charge is 2.26. The van der Waals surface area contributed by atoms with E-state index in [-0.39, 0.29) is 12.0 Å². The van der Waals surface area contributed by atoms with E-state index in [9.17, 15) is 4.79 Å². The van der Waals surface area contributed by atoms with Gasteiger partial charge >= 0.3 is 0 Å². The van der Waals surface area contributed by atoms with Gasteiger partial charge in [0.1, 0.15) is 5.76 Å². The Bertz CT molecular complexity index is 624. The minimum absolute atomic E-state index is 0.0749. The maximum Gasteiger partial charge on any atom is 0.276 e. The van der Waals surface area contributed by atoms with Gasteiger partial charge in [0.25, 0.3) is 5.91 Å². The van der Waals surface area contributed by atoms with Crippen molar-refractivity contribution in [3.63, 3.8) is 0 Å². The molecule has 2 aromatic rings. The molecule has 0 N–H and O–H groups in total. The summed E-state index contributed by atoms with van der Waals surface area (Å²) in [6, 6.07) is 12.0. The van der Waals surface area contributed by atoms with E-state index in [0.29, 0.717) is 31.2 Å². The van der Waals surface area contributed by atoms with E-state index in [0.717, 1.165) is 12.8 Å². The molecule has 1 aliphatic heterocycles. The molecule has 1 atom stereocenters. The number of nitrogens with zero attached hydrogens (tertiary/aromatic N) is 2. The molecule has 0 unspecified atom stereocenters. The third-order valence-corrected chi connectivity index (χ3v) is 3.87. The molecule has 0 spiro atoms. The van der Waals surface area contributed by atoms with E-state index < -0.39 is 0 Å². The van der Waals surface area contributed by atoms with E-state index in [1.807, 2.05) is 18.2 Å². The number of rotatable bonds is 4. The van der Waals surface area contributed by atoms with Crippen molar-refractivity contribution in [1.29, 1.82) is 0 Å². The topological polar surface area (TPSA) is 55.6 Å². The van der Waals surface area contributed by atoms with Gasteiger partial charge in [-0.05, 0) is 25.3 Å². The Labute approximate surface area is 129 Å². The van der Waals surface area contributed by atoms with Crippen LogP contribution in [-0.4, -0.2) is 41.8 Å². The minimum atomic E-state index is -0.0788. The molecule has 1 aromatic carbocycles. The fraction of sp³-hybridized carbons (Fsp3) is 0.412. The molecule has 0 saturated carbocycles. The van der Waals surface area contributed by atoms with Gasteiger partial charge in [-0.1, -0.05) is 35.5 Å². The predicted molar refractivity (Wildman–Crippen MR) is 81.6 cm³/mol. The summed E-state index contributed by atoms with van der Waals surface area (Å²) in [7, 11) is 0. The van der Waals surface area contributed by atoms with Gasteiger partial charge in [-0.25, -0.2) is 0 Å². The van der Waals surface area contributed by atoms with E-state index in [2.05, 4.69) is 17.3 Å². The number of aryl methyl sites for hydroxylation is 2. The van der Waals surface area contributed by atoms with Crippen LogP contribution in [0.25, 0.3) is 0 Å². The van der Waals surface area contributed by atoms with Crippen LogP contribution in [0.1, 0.15) is 28.2 Å². The quantitative estimate of drug-likeness (QED) is 0.870. The first-order chi connectivity index (χ1) is 10.7. The third kappa shape index (κ3) is 3.54. The molecule has 1 amide bonds. The summed E-state index contributed by atoms with van der Waals surface area (Å²) >= 11 is 0. The number of carbonyl (C=O) groups is 1. The van der Waals surface area contributed by atoms with E-state index >= 15 is 0 Å². The first-order valence-corrected chi connectivity index (χ1v) is 7.60. The van der Waals surface area contributed by atoms with Crippen LogP contribution < -0.4 is 0 Å². The lowest BCUT2D eigenvalue weighted by atomic mass is 10.1. The summed E-state index contributed by atoms with van der Waals surface area (Å²) in [6.07, 6.45) is 1.94. The molecule has 5 nitrogen and oxygen atoms in total. The van der Waals surface area contributed by atoms with Crippen LogP contribution in [0.3, 0.4) is 0 Å². The molecular formula is C17H20N2O3. The number of ether oxygens (including phenoxy) is 1. The standard InChI is InChI=1S/C17H20N2O3/c1-13-11-16(18-22-13)17(20)19-9-10-21-15(12-19)8-7-14-5-3-2-4-6-14/h2-6,11,15H,7-10,12H2,1H3/t15-/m1/s1. The Morgan fingerprint density at radius 2 is 2.18 bits per heavy atom. The van der Waals surface area contributed by atoms with Gasteiger partial charge in [-0.2, -0.15) is 0 Å². The van der Waals surface area contributed by atoms with Crippen molar-refractivity contribution in [2.24, 2.45) is 0 Å². The predicted octanol–water partition coefficient (Wildman–Crippen LogP) is 2.46. The van der Waals surface area contributed by atoms with Gasteiger partial charge in [0, 0.05) is 19.2 Å². The molecule has 1 saturated heterocycles. The maximum atomic E-state index is 12.4. The van der Waals surface area contributed by atoms with Crippen molar-refractivity contribution in [3.8, 4) is 0 Å². The highest BCUT2D eigenvalue weighted by Crippen LogP contribution is 2.15. The zero-order valence-electron chi connectivity index (χ0n) is 12.7.